The number of para-hydroxylation sites is 2. The Morgan fingerprint density at radius 1 is 1.08 bits per heavy atom. The molecule has 0 unspecified atom stereocenters. The standard InChI is InChI=1S/C19H21N3O2/c1-19(2,3)17-13-21(14-9-5-4-6-10-14)18(20-17)15-11-7-8-12-16(15)22(23)24/h4-12,17H,13H2,1-3H3/t17-/m1/s1. The van der Waals surface area contributed by atoms with Crippen molar-refractivity contribution >= 4 is 17.2 Å². The Morgan fingerprint density at radius 3 is 2.33 bits per heavy atom. The summed E-state index contributed by atoms with van der Waals surface area (Å²) >= 11 is 0. The van der Waals surface area contributed by atoms with Gasteiger partial charge in [-0.2, -0.15) is 0 Å². The molecule has 0 bridgehead atoms. The maximum absolute atomic E-state index is 11.4. The van der Waals surface area contributed by atoms with Gasteiger partial charge in [0, 0.05) is 18.3 Å². The van der Waals surface area contributed by atoms with Crippen LogP contribution in [0.4, 0.5) is 11.4 Å². The minimum Gasteiger partial charge on any atom is -0.324 e. The van der Waals surface area contributed by atoms with Crippen molar-refractivity contribution in [3.63, 3.8) is 0 Å². The summed E-state index contributed by atoms with van der Waals surface area (Å²) in [7, 11) is 0. The van der Waals surface area contributed by atoms with Crippen LogP contribution in [0.1, 0.15) is 26.3 Å². The first kappa shape index (κ1) is 16.2. The van der Waals surface area contributed by atoms with Gasteiger partial charge in [-0.15, -0.1) is 0 Å². The predicted octanol–water partition coefficient (Wildman–Crippen LogP) is 4.28. The minimum atomic E-state index is -0.342. The summed E-state index contributed by atoms with van der Waals surface area (Å²) in [5.41, 5.74) is 1.64. The Bertz CT molecular complexity index is 779. The molecular weight excluding hydrogens is 302 g/mol. The Kier molecular flexibility index (Phi) is 4.09. The van der Waals surface area contributed by atoms with E-state index >= 15 is 0 Å². The first-order valence-corrected chi connectivity index (χ1v) is 8.02. The number of nitrogens with zero attached hydrogens (tertiary/aromatic N) is 3. The van der Waals surface area contributed by atoms with Gasteiger partial charge in [-0.3, -0.25) is 15.1 Å². The molecule has 0 saturated carbocycles. The lowest BCUT2D eigenvalue weighted by atomic mass is 9.87. The Morgan fingerprint density at radius 2 is 1.71 bits per heavy atom. The van der Waals surface area contributed by atoms with Gasteiger partial charge in [-0.25, -0.2) is 0 Å². The summed E-state index contributed by atoms with van der Waals surface area (Å²) < 4.78 is 0. The van der Waals surface area contributed by atoms with Crippen molar-refractivity contribution in [1.29, 1.82) is 0 Å². The van der Waals surface area contributed by atoms with Gasteiger partial charge in [0.25, 0.3) is 5.69 Å². The van der Waals surface area contributed by atoms with E-state index in [9.17, 15) is 10.1 Å². The molecule has 2 aromatic carbocycles. The molecule has 5 nitrogen and oxygen atoms in total. The van der Waals surface area contributed by atoms with Crippen molar-refractivity contribution in [3.8, 4) is 0 Å². The predicted molar refractivity (Wildman–Crippen MR) is 96.7 cm³/mol. The second-order valence-corrected chi connectivity index (χ2v) is 7.05. The number of anilines is 1. The molecule has 0 saturated heterocycles. The average Bonchev–Trinajstić information content (AvgIpc) is 3.01. The lowest BCUT2D eigenvalue weighted by molar-refractivity contribution is -0.385. The third-order valence-corrected chi connectivity index (χ3v) is 4.30. The fourth-order valence-corrected chi connectivity index (χ4v) is 2.86. The molecule has 3 rings (SSSR count). The largest absolute Gasteiger partial charge is 0.324 e. The van der Waals surface area contributed by atoms with Crippen LogP contribution < -0.4 is 4.90 Å². The molecule has 0 radical (unpaired) electrons. The van der Waals surface area contributed by atoms with Gasteiger partial charge >= 0.3 is 0 Å². The van der Waals surface area contributed by atoms with Crippen LogP contribution in [-0.2, 0) is 0 Å². The molecule has 124 valence electrons. The Hall–Kier alpha value is -2.69. The first-order valence-electron chi connectivity index (χ1n) is 8.02. The fraction of sp³-hybridized carbons (Fsp3) is 0.316. The molecule has 0 N–H and O–H groups in total. The maximum atomic E-state index is 11.4. The normalized spacial score (nSPS) is 17.7. The molecule has 1 aliphatic heterocycles. The zero-order valence-corrected chi connectivity index (χ0v) is 14.1. The molecule has 2 aromatic rings. The van der Waals surface area contributed by atoms with E-state index < -0.39 is 0 Å². The number of rotatable bonds is 3. The third kappa shape index (κ3) is 3.02. The highest BCUT2D eigenvalue weighted by Gasteiger charge is 2.36. The van der Waals surface area contributed by atoms with E-state index in [0.29, 0.717) is 11.4 Å². The quantitative estimate of drug-likeness (QED) is 0.626. The van der Waals surface area contributed by atoms with Gasteiger partial charge in [0.05, 0.1) is 16.5 Å². The van der Waals surface area contributed by atoms with Gasteiger partial charge in [-0.1, -0.05) is 51.1 Å². The molecule has 0 amide bonds. The highest BCUT2D eigenvalue weighted by Crippen LogP contribution is 2.33. The SMILES string of the molecule is CC(C)(C)[C@H]1CN(c2ccccc2)C(c2ccccc2[N+](=O)[O-])=N1. The van der Waals surface area contributed by atoms with Crippen molar-refractivity contribution in [1.82, 2.24) is 0 Å². The van der Waals surface area contributed by atoms with E-state index in [0.717, 1.165) is 12.2 Å². The lowest BCUT2D eigenvalue weighted by Crippen LogP contribution is -2.34. The van der Waals surface area contributed by atoms with Crippen molar-refractivity contribution in [2.45, 2.75) is 26.8 Å². The van der Waals surface area contributed by atoms with Crippen LogP contribution in [0.5, 0.6) is 0 Å². The van der Waals surface area contributed by atoms with Crippen molar-refractivity contribution in [3.05, 3.63) is 70.3 Å². The van der Waals surface area contributed by atoms with Crippen LogP contribution in [0.2, 0.25) is 0 Å². The smallest absolute Gasteiger partial charge is 0.280 e. The molecule has 0 spiro atoms. The summed E-state index contributed by atoms with van der Waals surface area (Å²) in [6.45, 7) is 7.15. The van der Waals surface area contributed by atoms with Gasteiger partial charge < -0.3 is 4.90 Å². The molecule has 1 aliphatic rings. The molecule has 0 aromatic heterocycles. The molecular formula is C19H21N3O2. The van der Waals surface area contributed by atoms with E-state index in [1.807, 2.05) is 36.4 Å². The zero-order valence-electron chi connectivity index (χ0n) is 14.1. The molecule has 0 aliphatic carbocycles. The second-order valence-electron chi connectivity index (χ2n) is 7.05. The van der Waals surface area contributed by atoms with Crippen LogP contribution in [0.3, 0.4) is 0 Å². The monoisotopic (exact) mass is 323 g/mol. The fourth-order valence-electron chi connectivity index (χ4n) is 2.86. The van der Waals surface area contributed by atoms with Crippen LogP contribution in [0.25, 0.3) is 0 Å². The highest BCUT2D eigenvalue weighted by molar-refractivity contribution is 6.13. The van der Waals surface area contributed by atoms with E-state index in [-0.39, 0.29) is 22.1 Å². The van der Waals surface area contributed by atoms with Crippen molar-refractivity contribution < 1.29 is 4.92 Å². The molecule has 0 fully saturated rings. The molecule has 5 heteroatoms. The van der Waals surface area contributed by atoms with Gasteiger partial charge in [0.2, 0.25) is 0 Å². The number of benzene rings is 2. The number of aliphatic imine (C=N–C) groups is 1. The van der Waals surface area contributed by atoms with E-state index in [1.165, 1.54) is 6.07 Å². The van der Waals surface area contributed by atoms with Crippen LogP contribution in [0.15, 0.2) is 59.6 Å². The van der Waals surface area contributed by atoms with Crippen LogP contribution in [-0.4, -0.2) is 23.3 Å². The number of hydrogen-bond acceptors (Lipinski definition) is 4. The number of hydrogen-bond donors (Lipinski definition) is 0. The average molecular weight is 323 g/mol. The van der Waals surface area contributed by atoms with Crippen molar-refractivity contribution in [2.75, 3.05) is 11.4 Å². The summed E-state index contributed by atoms with van der Waals surface area (Å²) in [6.07, 6.45) is 0. The van der Waals surface area contributed by atoms with Gasteiger partial charge in [-0.05, 0) is 23.6 Å². The second kappa shape index (κ2) is 6.07. The maximum Gasteiger partial charge on any atom is 0.280 e. The number of amidine groups is 1. The van der Waals surface area contributed by atoms with Gasteiger partial charge in [0.1, 0.15) is 5.84 Å². The summed E-state index contributed by atoms with van der Waals surface area (Å²) in [5.74, 6) is 0.674. The lowest BCUT2D eigenvalue weighted by Gasteiger charge is -2.26. The molecule has 1 atom stereocenters. The zero-order chi connectivity index (χ0) is 17.3. The highest BCUT2D eigenvalue weighted by atomic mass is 16.6. The summed E-state index contributed by atoms with van der Waals surface area (Å²) in [6, 6.07) is 16.8. The van der Waals surface area contributed by atoms with Crippen LogP contribution in [0, 0.1) is 15.5 Å². The van der Waals surface area contributed by atoms with Crippen LogP contribution >= 0.6 is 0 Å². The van der Waals surface area contributed by atoms with E-state index in [1.54, 1.807) is 12.1 Å². The number of nitro groups is 1. The first-order chi connectivity index (χ1) is 11.4. The Labute approximate surface area is 141 Å². The van der Waals surface area contributed by atoms with Crippen molar-refractivity contribution in [2.24, 2.45) is 10.4 Å². The van der Waals surface area contributed by atoms with E-state index in [4.69, 9.17) is 4.99 Å². The summed E-state index contributed by atoms with van der Waals surface area (Å²) in [5, 5.41) is 11.4. The number of nitro benzene ring substituents is 1. The minimum absolute atomic E-state index is 0.0155. The summed E-state index contributed by atoms with van der Waals surface area (Å²) in [4.78, 5) is 18.0. The molecule has 24 heavy (non-hydrogen) atoms. The topological polar surface area (TPSA) is 58.7 Å². The van der Waals surface area contributed by atoms with E-state index in [2.05, 4.69) is 25.7 Å². The van der Waals surface area contributed by atoms with Gasteiger partial charge in [0.15, 0.2) is 0 Å². The third-order valence-electron chi connectivity index (χ3n) is 4.30. The molecule has 1 heterocycles. The Balaban J connectivity index is 2.12.